The Hall–Kier alpha value is -3.58. The summed E-state index contributed by atoms with van der Waals surface area (Å²) in [4.78, 5) is 14.6. The molecule has 0 saturated carbocycles. The van der Waals surface area contributed by atoms with Crippen molar-refractivity contribution in [3.8, 4) is 17.2 Å². The monoisotopic (exact) mass is 490 g/mol. The van der Waals surface area contributed by atoms with Crippen LogP contribution in [0.3, 0.4) is 0 Å². The fourth-order valence-corrected chi connectivity index (χ4v) is 5.02. The molecule has 182 valence electrons. The molecule has 1 amide bonds. The van der Waals surface area contributed by atoms with Gasteiger partial charge in [0.25, 0.3) is 5.91 Å². The van der Waals surface area contributed by atoms with Crippen molar-refractivity contribution in [2.75, 3.05) is 40.4 Å². The third-order valence-electron chi connectivity index (χ3n) is 5.43. The van der Waals surface area contributed by atoms with Gasteiger partial charge < -0.3 is 19.1 Å². The van der Waals surface area contributed by atoms with E-state index in [1.165, 1.54) is 40.3 Å². The molecule has 0 radical (unpaired) electrons. The van der Waals surface area contributed by atoms with Crippen molar-refractivity contribution in [1.29, 1.82) is 0 Å². The molecule has 1 aromatic carbocycles. The van der Waals surface area contributed by atoms with Gasteiger partial charge in [0.2, 0.25) is 15.8 Å². The van der Waals surface area contributed by atoms with E-state index in [-0.39, 0.29) is 49.4 Å². The Morgan fingerprint density at radius 2 is 1.74 bits per heavy atom. The van der Waals surface area contributed by atoms with E-state index in [1.807, 2.05) is 0 Å². The number of methoxy groups -OCH3 is 2. The summed E-state index contributed by atoms with van der Waals surface area (Å²) < 4.78 is 46.2. The number of hydrogen-bond donors (Lipinski definition) is 0. The van der Waals surface area contributed by atoms with Crippen molar-refractivity contribution in [3.63, 3.8) is 0 Å². The molecular weight excluding hydrogens is 464 g/mol. The summed E-state index contributed by atoms with van der Waals surface area (Å²) in [6, 6.07) is 6.90. The molecule has 4 rings (SSSR count). The van der Waals surface area contributed by atoms with Gasteiger partial charge in [-0.2, -0.15) is 14.5 Å². The summed E-state index contributed by atoms with van der Waals surface area (Å²) in [7, 11) is 1.09. The average Bonchev–Trinajstić information content (AvgIpc) is 3.51. The Kier molecular flexibility index (Phi) is 6.75. The Balaban J connectivity index is 1.36. The van der Waals surface area contributed by atoms with E-state index >= 15 is 0 Å². The van der Waals surface area contributed by atoms with Gasteiger partial charge in [0, 0.05) is 45.6 Å². The van der Waals surface area contributed by atoms with Gasteiger partial charge in [-0.25, -0.2) is 13.1 Å². The fourth-order valence-electron chi connectivity index (χ4n) is 3.61. The summed E-state index contributed by atoms with van der Waals surface area (Å²) in [6.07, 6.45) is 4.42. The van der Waals surface area contributed by atoms with Crippen LogP contribution in [0.15, 0.2) is 47.8 Å². The highest BCUT2D eigenvalue weighted by atomic mass is 32.2. The first-order chi connectivity index (χ1) is 16.3. The van der Waals surface area contributed by atoms with Crippen molar-refractivity contribution in [3.05, 3.63) is 48.5 Å². The highest BCUT2D eigenvalue weighted by Crippen LogP contribution is 2.36. The topological polar surface area (TPSA) is 121 Å². The molecule has 1 saturated heterocycles. The predicted molar refractivity (Wildman–Crippen MR) is 120 cm³/mol. The first-order valence-corrected chi connectivity index (χ1v) is 11.9. The second-order valence-electron chi connectivity index (χ2n) is 7.55. The van der Waals surface area contributed by atoms with E-state index in [0.29, 0.717) is 17.2 Å². The van der Waals surface area contributed by atoms with E-state index in [2.05, 4.69) is 10.2 Å². The summed E-state index contributed by atoms with van der Waals surface area (Å²) >= 11 is 0. The van der Waals surface area contributed by atoms with Crippen LogP contribution in [0.5, 0.6) is 17.2 Å². The van der Waals surface area contributed by atoms with Gasteiger partial charge in [-0.15, -0.1) is 0 Å². The van der Waals surface area contributed by atoms with Crippen LogP contribution in [-0.2, 0) is 23.8 Å². The van der Waals surface area contributed by atoms with E-state index in [9.17, 15) is 13.2 Å². The van der Waals surface area contributed by atoms with Crippen molar-refractivity contribution < 1.29 is 27.4 Å². The van der Waals surface area contributed by atoms with E-state index in [0.717, 1.165) is 0 Å². The van der Waals surface area contributed by atoms with Crippen LogP contribution in [0, 0.1) is 0 Å². The number of carbonyl (C=O) groups is 1. The van der Waals surface area contributed by atoms with E-state index in [1.54, 1.807) is 42.4 Å². The van der Waals surface area contributed by atoms with Crippen LogP contribution in [0.2, 0.25) is 0 Å². The van der Waals surface area contributed by atoms with Gasteiger partial charge >= 0.3 is 0 Å². The third kappa shape index (κ3) is 4.70. The molecule has 1 aliphatic rings. The summed E-state index contributed by atoms with van der Waals surface area (Å²) in [6.45, 7) is 0.960. The molecule has 1 aliphatic heterocycles. The largest absolute Gasteiger partial charge is 0.493 e. The predicted octanol–water partition coefficient (Wildman–Crippen LogP) is 0.817. The number of carbonyl (C=O) groups excluding carboxylic acids is 1. The SMILES string of the molecule is COc1cccc(OC)c1OCn1ccc(C(=O)N2CCN(S(=O)(=O)c3cnn(C)c3)CC2)n1. The number of hydrogen-bond acceptors (Lipinski definition) is 8. The number of nitrogens with zero attached hydrogens (tertiary/aromatic N) is 6. The van der Waals surface area contributed by atoms with Crippen LogP contribution in [0.1, 0.15) is 10.5 Å². The molecule has 0 bridgehead atoms. The molecule has 3 aromatic rings. The number of amides is 1. The minimum absolute atomic E-state index is 0.0428. The Bertz CT molecular complexity index is 1240. The van der Waals surface area contributed by atoms with E-state index in [4.69, 9.17) is 14.2 Å². The Morgan fingerprint density at radius 3 is 2.32 bits per heavy atom. The van der Waals surface area contributed by atoms with Gasteiger partial charge in [0.05, 0.1) is 20.4 Å². The highest BCUT2D eigenvalue weighted by molar-refractivity contribution is 7.89. The standard InChI is InChI=1S/C21H26N6O6S/c1-24-14-16(13-22-24)34(29,30)27-11-9-25(10-12-27)21(28)17-7-8-26(23-17)15-33-20-18(31-2)5-4-6-19(20)32-3/h4-8,13-14H,9-12,15H2,1-3H3. The average molecular weight is 491 g/mol. The summed E-state index contributed by atoms with van der Waals surface area (Å²) in [5, 5.41) is 8.23. The molecule has 34 heavy (non-hydrogen) atoms. The van der Waals surface area contributed by atoms with Gasteiger partial charge in [0.1, 0.15) is 4.90 Å². The summed E-state index contributed by atoms with van der Waals surface area (Å²) in [5.74, 6) is 1.19. The second-order valence-corrected chi connectivity index (χ2v) is 9.49. The van der Waals surface area contributed by atoms with Crippen molar-refractivity contribution in [2.45, 2.75) is 11.6 Å². The van der Waals surface area contributed by atoms with Gasteiger partial charge in [-0.3, -0.25) is 9.48 Å². The third-order valence-corrected chi connectivity index (χ3v) is 7.28. The van der Waals surface area contributed by atoms with Gasteiger partial charge in [-0.1, -0.05) is 6.07 Å². The molecule has 0 atom stereocenters. The van der Waals surface area contributed by atoms with Crippen molar-refractivity contribution in [2.24, 2.45) is 7.05 Å². The fraction of sp³-hybridized carbons (Fsp3) is 0.381. The van der Waals surface area contributed by atoms with Crippen LogP contribution in [-0.4, -0.2) is 83.5 Å². The maximum absolute atomic E-state index is 12.9. The van der Waals surface area contributed by atoms with E-state index < -0.39 is 10.0 Å². The second kappa shape index (κ2) is 9.73. The number of benzene rings is 1. The number of rotatable bonds is 8. The minimum Gasteiger partial charge on any atom is -0.493 e. The zero-order valence-electron chi connectivity index (χ0n) is 19.1. The number of piperazine rings is 1. The molecule has 12 nitrogen and oxygen atoms in total. The lowest BCUT2D eigenvalue weighted by Crippen LogP contribution is -2.50. The molecule has 0 spiro atoms. The first kappa shape index (κ1) is 23.6. The maximum Gasteiger partial charge on any atom is 0.274 e. The minimum atomic E-state index is -3.64. The molecule has 13 heteroatoms. The zero-order chi connectivity index (χ0) is 24.3. The normalized spacial score (nSPS) is 14.7. The Labute approximate surface area is 197 Å². The molecule has 2 aromatic heterocycles. The molecule has 3 heterocycles. The highest BCUT2D eigenvalue weighted by Gasteiger charge is 2.31. The van der Waals surface area contributed by atoms with Gasteiger partial charge in [0.15, 0.2) is 23.9 Å². The lowest BCUT2D eigenvalue weighted by molar-refractivity contribution is 0.0689. The quantitative estimate of drug-likeness (QED) is 0.455. The molecule has 0 aliphatic carbocycles. The van der Waals surface area contributed by atoms with Crippen LogP contribution < -0.4 is 14.2 Å². The van der Waals surface area contributed by atoms with Crippen molar-refractivity contribution >= 4 is 15.9 Å². The number of ether oxygens (including phenoxy) is 3. The number of para-hydroxylation sites is 1. The van der Waals surface area contributed by atoms with Crippen LogP contribution >= 0.6 is 0 Å². The molecule has 0 unspecified atom stereocenters. The number of aryl methyl sites for hydroxylation is 1. The first-order valence-electron chi connectivity index (χ1n) is 10.5. The lowest BCUT2D eigenvalue weighted by Gasteiger charge is -2.33. The maximum atomic E-state index is 12.9. The lowest BCUT2D eigenvalue weighted by atomic mass is 10.3. The summed E-state index contributed by atoms with van der Waals surface area (Å²) in [5.41, 5.74) is 0.249. The zero-order valence-corrected chi connectivity index (χ0v) is 19.9. The molecule has 1 fully saturated rings. The molecule has 0 N–H and O–H groups in total. The van der Waals surface area contributed by atoms with Gasteiger partial charge in [-0.05, 0) is 18.2 Å². The number of aromatic nitrogens is 4. The Morgan fingerprint density at radius 1 is 1.06 bits per heavy atom. The smallest absolute Gasteiger partial charge is 0.274 e. The van der Waals surface area contributed by atoms with Crippen LogP contribution in [0.25, 0.3) is 0 Å². The van der Waals surface area contributed by atoms with Crippen molar-refractivity contribution in [1.82, 2.24) is 28.8 Å². The number of sulfonamides is 1. The molecular formula is C21H26N6O6S. The van der Waals surface area contributed by atoms with Crippen LogP contribution in [0.4, 0.5) is 0 Å².